The summed E-state index contributed by atoms with van der Waals surface area (Å²) in [6.07, 6.45) is 0. The van der Waals surface area contributed by atoms with Crippen molar-refractivity contribution in [2.75, 3.05) is 12.4 Å². The average molecular weight is 301 g/mol. The molecular weight excluding hydrogens is 284 g/mol. The molecule has 5 heteroatoms. The van der Waals surface area contributed by atoms with Gasteiger partial charge in [0.15, 0.2) is 0 Å². The van der Waals surface area contributed by atoms with Crippen molar-refractivity contribution in [1.82, 2.24) is 0 Å². The topological polar surface area (TPSA) is 64.3 Å². The van der Waals surface area contributed by atoms with Crippen molar-refractivity contribution in [2.24, 2.45) is 11.7 Å². The van der Waals surface area contributed by atoms with Crippen LogP contribution in [0.25, 0.3) is 0 Å². The summed E-state index contributed by atoms with van der Waals surface area (Å²) in [5.41, 5.74) is 6.39. The Hall–Kier alpha value is -1.07. The number of halogens is 1. The summed E-state index contributed by atoms with van der Waals surface area (Å²) in [6, 6.07) is 4.88. The van der Waals surface area contributed by atoms with Crippen LogP contribution in [0.4, 0.5) is 5.69 Å². The maximum atomic E-state index is 11.8. The molecule has 3 N–H and O–H groups in total. The average Bonchev–Trinajstić information content (AvgIpc) is 2.28. The van der Waals surface area contributed by atoms with Crippen LogP contribution in [0.1, 0.15) is 13.8 Å². The SMILES string of the molecule is COc1ccc(Br)cc1NC(=O)[C@H](N)C(C)C. The van der Waals surface area contributed by atoms with Crippen LogP contribution in [0.15, 0.2) is 22.7 Å². The molecule has 0 fully saturated rings. The van der Waals surface area contributed by atoms with Gasteiger partial charge in [-0.3, -0.25) is 4.79 Å². The first-order valence-corrected chi connectivity index (χ1v) is 6.15. The van der Waals surface area contributed by atoms with E-state index >= 15 is 0 Å². The van der Waals surface area contributed by atoms with E-state index in [1.54, 1.807) is 19.2 Å². The second-order valence-corrected chi connectivity index (χ2v) is 5.02. The zero-order valence-corrected chi connectivity index (χ0v) is 11.7. The zero-order chi connectivity index (χ0) is 13.0. The summed E-state index contributed by atoms with van der Waals surface area (Å²) in [5, 5.41) is 2.76. The van der Waals surface area contributed by atoms with Crippen LogP contribution in [0, 0.1) is 5.92 Å². The maximum absolute atomic E-state index is 11.8. The van der Waals surface area contributed by atoms with E-state index in [4.69, 9.17) is 10.5 Å². The van der Waals surface area contributed by atoms with Gasteiger partial charge in [-0.05, 0) is 24.1 Å². The lowest BCUT2D eigenvalue weighted by atomic mass is 10.0. The van der Waals surface area contributed by atoms with Gasteiger partial charge in [0.1, 0.15) is 5.75 Å². The first-order valence-electron chi connectivity index (χ1n) is 5.35. The van der Waals surface area contributed by atoms with Crippen LogP contribution in [0.3, 0.4) is 0 Å². The lowest BCUT2D eigenvalue weighted by Crippen LogP contribution is -2.39. The van der Waals surface area contributed by atoms with E-state index in [9.17, 15) is 4.79 Å². The summed E-state index contributed by atoms with van der Waals surface area (Å²) in [7, 11) is 1.56. The summed E-state index contributed by atoms with van der Waals surface area (Å²) in [5.74, 6) is 0.488. The van der Waals surface area contributed by atoms with E-state index in [0.29, 0.717) is 11.4 Å². The van der Waals surface area contributed by atoms with Crippen LogP contribution in [0.2, 0.25) is 0 Å². The molecule has 94 valence electrons. The molecule has 17 heavy (non-hydrogen) atoms. The highest BCUT2D eigenvalue weighted by molar-refractivity contribution is 9.10. The van der Waals surface area contributed by atoms with Crippen molar-refractivity contribution in [3.05, 3.63) is 22.7 Å². The number of methoxy groups -OCH3 is 1. The predicted molar refractivity (Wildman–Crippen MR) is 72.1 cm³/mol. The monoisotopic (exact) mass is 300 g/mol. The van der Waals surface area contributed by atoms with Gasteiger partial charge in [0, 0.05) is 4.47 Å². The normalized spacial score (nSPS) is 12.4. The minimum absolute atomic E-state index is 0.0909. The fraction of sp³-hybridized carbons (Fsp3) is 0.417. The molecule has 0 saturated heterocycles. The number of hydrogen-bond acceptors (Lipinski definition) is 3. The quantitative estimate of drug-likeness (QED) is 0.897. The van der Waals surface area contributed by atoms with Gasteiger partial charge in [0.25, 0.3) is 0 Å². The van der Waals surface area contributed by atoms with Crippen LogP contribution in [-0.4, -0.2) is 19.1 Å². The zero-order valence-electron chi connectivity index (χ0n) is 10.2. The Bertz CT molecular complexity index is 407. The first-order chi connectivity index (χ1) is 7.95. The van der Waals surface area contributed by atoms with Gasteiger partial charge in [-0.15, -0.1) is 0 Å². The molecule has 1 aromatic rings. The minimum atomic E-state index is -0.529. The number of ether oxygens (including phenoxy) is 1. The van der Waals surface area contributed by atoms with Crippen LogP contribution in [-0.2, 0) is 4.79 Å². The Kier molecular flexibility index (Phi) is 4.96. The lowest BCUT2D eigenvalue weighted by Gasteiger charge is -2.17. The Labute approximate surface area is 110 Å². The van der Waals surface area contributed by atoms with Crippen molar-refractivity contribution < 1.29 is 9.53 Å². The summed E-state index contributed by atoms with van der Waals surface area (Å²) in [4.78, 5) is 11.8. The molecule has 0 heterocycles. The Morgan fingerprint density at radius 1 is 1.47 bits per heavy atom. The number of benzene rings is 1. The summed E-state index contributed by atoms with van der Waals surface area (Å²) in [6.45, 7) is 3.81. The van der Waals surface area contributed by atoms with Gasteiger partial charge < -0.3 is 15.8 Å². The third-order valence-electron chi connectivity index (χ3n) is 2.44. The number of anilines is 1. The van der Waals surface area contributed by atoms with Crippen molar-refractivity contribution in [2.45, 2.75) is 19.9 Å². The number of carbonyl (C=O) groups is 1. The molecule has 0 unspecified atom stereocenters. The molecule has 0 aliphatic carbocycles. The van der Waals surface area contributed by atoms with Crippen LogP contribution < -0.4 is 15.8 Å². The number of hydrogen-bond donors (Lipinski definition) is 2. The molecule has 4 nitrogen and oxygen atoms in total. The smallest absolute Gasteiger partial charge is 0.241 e. The van der Waals surface area contributed by atoms with E-state index in [0.717, 1.165) is 4.47 Å². The van der Waals surface area contributed by atoms with E-state index in [1.165, 1.54) is 0 Å². The molecule has 1 atom stereocenters. The van der Waals surface area contributed by atoms with E-state index in [1.807, 2.05) is 19.9 Å². The highest BCUT2D eigenvalue weighted by Crippen LogP contribution is 2.28. The fourth-order valence-corrected chi connectivity index (χ4v) is 1.66. The predicted octanol–water partition coefficient (Wildman–Crippen LogP) is 2.38. The number of nitrogens with two attached hydrogens (primary N) is 1. The third-order valence-corrected chi connectivity index (χ3v) is 2.93. The summed E-state index contributed by atoms with van der Waals surface area (Å²) < 4.78 is 6.03. The van der Waals surface area contributed by atoms with Crippen molar-refractivity contribution in [3.8, 4) is 5.75 Å². The molecular formula is C12H17BrN2O2. The molecule has 0 aliphatic heterocycles. The Morgan fingerprint density at radius 2 is 2.12 bits per heavy atom. The van der Waals surface area contributed by atoms with Gasteiger partial charge in [0.2, 0.25) is 5.91 Å². The van der Waals surface area contributed by atoms with Crippen LogP contribution >= 0.6 is 15.9 Å². The van der Waals surface area contributed by atoms with Gasteiger partial charge in [-0.25, -0.2) is 0 Å². The number of carbonyl (C=O) groups excluding carboxylic acids is 1. The van der Waals surface area contributed by atoms with Crippen LogP contribution in [0.5, 0.6) is 5.75 Å². The highest BCUT2D eigenvalue weighted by atomic mass is 79.9. The summed E-state index contributed by atoms with van der Waals surface area (Å²) >= 11 is 3.34. The first kappa shape index (κ1) is 14.0. The minimum Gasteiger partial charge on any atom is -0.495 e. The maximum Gasteiger partial charge on any atom is 0.241 e. The standard InChI is InChI=1S/C12H17BrN2O2/c1-7(2)11(14)12(16)15-9-6-8(13)4-5-10(9)17-3/h4-7,11H,14H2,1-3H3,(H,15,16)/t11-/m1/s1. The molecule has 1 aromatic carbocycles. The molecule has 1 rings (SSSR count). The van der Waals surface area contributed by atoms with Gasteiger partial charge in [-0.1, -0.05) is 29.8 Å². The highest BCUT2D eigenvalue weighted by Gasteiger charge is 2.18. The van der Waals surface area contributed by atoms with Crippen molar-refractivity contribution in [3.63, 3.8) is 0 Å². The third kappa shape index (κ3) is 3.71. The van der Waals surface area contributed by atoms with E-state index in [2.05, 4.69) is 21.2 Å². The number of rotatable bonds is 4. The van der Waals surface area contributed by atoms with Gasteiger partial charge >= 0.3 is 0 Å². The number of amides is 1. The van der Waals surface area contributed by atoms with Crippen molar-refractivity contribution >= 4 is 27.5 Å². The fourth-order valence-electron chi connectivity index (χ4n) is 1.30. The lowest BCUT2D eigenvalue weighted by molar-refractivity contribution is -0.118. The molecule has 0 spiro atoms. The molecule has 0 aromatic heterocycles. The molecule has 0 saturated carbocycles. The number of nitrogens with one attached hydrogen (secondary N) is 1. The van der Waals surface area contributed by atoms with Gasteiger partial charge in [0.05, 0.1) is 18.8 Å². The molecule has 1 amide bonds. The van der Waals surface area contributed by atoms with E-state index < -0.39 is 6.04 Å². The molecule has 0 bridgehead atoms. The second kappa shape index (κ2) is 6.02. The van der Waals surface area contributed by atoms with Gasteiger partial charge in [-0.2, -0.15) is 0 Å². The van der Waals surface area contributed by atoms with E-state index in [-0.39, 0.29) is 11.8 Å². The molecule has 0 radical (unpaired) electrons. The molecule has 0 aliphatic rings. The van der Waals surface area contributed by atoms with Crippen molar-refractivity contribution in [1.29, 1.82) is 0 Å². The largest absolute Gasteiger partial charge is 0.495 e. The Balaban J connectivity index is 2.87. The Morgan fingerprint density at radius 3 is 2.65 bits per heavy atom. The second-order valence-electron chi connectivity index (χ2n) is 4.10.